The molecular formula is C38H26O4S2. The van der Waals surface area contributed by atoms with E-state index in [0.717, 1.165) is 50.1 Å². The second kappa shape index (κ2) is 9.36. The quantitative estimate of drug-likeness (QED) is 0.203. The van der Waals surface area contributed by atoms with Crippen LogP contribution in [-0.4, -0.2) is 16.8 Å². The van der Waals surface area contributed by atoms with E-state index in [0.29, 0.717) is 0 Å². The lowest BCUT2D eigenvalue weighted by molar-refractivity contribution is 0.594. The summed E-state index contributed by atoms with van der Waals surface area (Å²) in [5.41, 5.74) is 7.71. The van der Waals surface area contributed by atoms with Gasteiger partial charge in [0, 0.05) is 0 Å². The second-order valence-electron chi connectivity index (χ2n) is 11.4. The van der Waals surface area contributed by atoms with Crippen molar-refractivity contribution in [3.8, 4) is 22.3 Å². The summed E-state index contributed by atoms with van der Waals surface area (Å²) in [5.74, 6) is 0. The lowest BCUT2D eigenvalue weighted by Gasteiger charge is -2.31. The molecule has 6 heteroatoms. The number of sulfone groups is 2. The first kappa shape index (κ1) is 26.8. The first-order chi connectivity index (χ1) is 21.2. The summed E-state index contributed by atoms with van der Waals surface area (Å²) >= 11 is 0. The molecule has 0 unspecified atom stereocenters. The Balaban J connectivity index is 1.47. The third-order valence-corrected chi connectivity index (χ3v) is 12.5. The van der Waals surface area contributed by atoms with E-state index in [-0.39, 0.29) is 19.6 Å². The monoisotopic (exact) mass is 610 g/mol. The molecule has 0 saturated heterocycles. The molecule has 0 radical (unpaired) electrons. The van der Waals surface area contributed by atoms with Crippen LogP contribution in [0, 0.1) is 6.92 Å². The van der Waals surface area contributed by atoms with Crippen molar-refractivity contribution in [1.29, 1.82) is 0 Å². The van der Waals surface area contributed by atoms with Gasteiger partial charge in [-0.15, -0.1) is 0 Å². The normalized spacial score (nSPS) is 14.1. The van der Waals surface area contributed by atoms with Crippen molar-refractivity contribution in [2.75, 3.05) is 0 Å². The molecule has 0 fully saturated rings. The zero-order chi connectivity index (χ0) is 30.3. The zero-order valence-corrected chi connectivity index (χ0v) is 25.4. The Hall–Kier alpha value is -4.78. The highest BCUT2D eigenvalue weighted by Crippen LogP contribution is 2.63. The lowest BCUT2D eigenvalue weighted by Crippen LogP contribution is -2.26. The third kappa shape index (κ3) is 3.55. The van der Waals surface area contributed by atoms with Crippen LogP contribution in [0.3, 0.4) is 0 Å². The van der Waals surface area contributed by atoms with Gasteiger partial charge in [-0.3, -0.25) is 0 Å². The van der Waals surface area contributed by atoms with Gasteiger partial charge in [-0.1, -0.05) is 96.6 Å². The number of hydrogen-bond donors (Lipinski definition) is 0. The summed E-state index contributed by atoms with van der Waals surface area (Å²) in [4.78, 5) is 0.850. The van der Waals surface area contributed by atoms with Gasteiger partial charge in [0.05, 0.1) is 25.0 Å². The molecule has 214 valence electrons. The van der Waals surface area contributed by atoms with E-state index >= 15 is 0 Å². The highest BCUT2D eigenvalue weighted by molar-refractivity contribution is 7.91. The minimum absolute atomic E-state index is 0.199. The highest BCUT2D eigenvalue weighted by Gasteiger charge is 2.52. The van der Waals surface area contributed by atoms with Crippen molar-refractivity contribution in [3.05, 3.63) is 167 Å². The molecule has 0 N–H and O–H groups in total. The topological polar surface area (TPSA) is 68.3 Å². The summed E-state index contributed by atoms with van der Waals surface area (Å²) in [5, 5.41) is 0. The van der Waals surface area contributed by atoms with Gasteiger partial charge in [-0.2, -0.15) is 0 Å². The number of rotatable bonds is 4. The van der Waals surface area contributed by atoms with Crippen LogP contribution < -0.4 is 0 Å². The van der Waals surface area contributed by atoms with Gasteiger partial charge in [0.1, 0.15) is 0 Å². The maximum Gasteiger partial charge on any atom is 0.206 e. The molecule has 0 aliphatic heterocycles. The number of hydrogen-bond acceptors (Lipinski definition) is 4. The fourth-order valence-electron chi connectivity index (χ4n) is 7.06. The molecule has 2 aliphatic carbocycles. The SMILES string of the molecule is Cc1ccc2c(c1)C1(c3ccccc3-2)c2cc(S(=O)(=O)c3ccccc3)ccc2-c2ccc(S(=O)(=O)c3ccccc3)cc21. The Morgan fingerprint density at radius 1 is 0.386 bits per heavy atom. The molecule has 6 aromatic carbocycles. The minimum atomic E-state index is -3.82. The molecule has 8 rings (SSSR count). The Kier molecular flexibility index (Phi) is 5.70. The van der Waals surface area contributed by atoms with Crippen molar-refractivity contribution in [3.63, 3.8) is 0 Å². The van der Waals surface area contributed by atoms with Gasteiger partial charge < -0.3 is 0 Å². The van der Waals surface area contributed by atoms with Crippen molar-refractivity contribution < 1.29 is 16.8 Å². The maximum absolute atomic E-state index is 13.9. The molecular weight excluding hydrogens is 585 g/mol. The first-order valence-corrected chi connectivity index (χ1v) is 17.3. The predicted octanol–water partition coefficient (Wildman–Crippen LogP) is 8.00. The Morgan fingerprint density at radius 2 is 0.795 bits per heavy atom. The van der Waals surface area contributed by atoms with E-state index in [4.69, 9.17) is 0 Å². The largest absolute Gasteiger partial charge is 0.219 e. The van der Waals surface area contributed by atoms with Crippen LogP contribution in [-0.2, 0) is 25.1 Å². The Bertz CT molecular complexity index is 2240. The van der Waals surface area contributed by atoms with Crippen LogP contribution in [0.2, 0.25) is 0 Å². The van der Waals surface area contributed by atoms with E-state index in [9.17, 15) is 16.8 Å². The molecule has 0 aromatic heterocycles. The van der Waals surface area contributed by atoms with Crippen LogP contribution in [0.25, 0.3) is 22.3 Å². The van der Waals surface area contributed by atoms with Crippen LogP contribution in [0.5, 0.6) is 0 Å². The molecule has 6 aromatic rings. The molecule has 0 saturated carbocycles. The molecule has 0 heterocycles. The minimum Gasteiger partial charge on any atom is -0.219 e. The van der Waals surface area contributed by atoms with E-state index in [1.807, 2.05) is 31.2 Å². The molecule has 0 amide bonds. The van der Waals surface area contributed by atoms with Crippen molar-refractivity contribution >= 4 is 19.7 Å². The van der Waals surface area contributed by atoms with Gasteiger partial charge in [0.2, 0.25) is 19.7 Å². The summed E-state index contributed by atoms with van der Waals surface area (Å²) in [6, 6.07) is 42.1. The van der Waals surface area contributed by atoms with Crippen LogP contribution >= 0.6 is 0 Å². The average molecular weight is 611 g/mol. The molecule has 2 aliphatic rings. The zero-order valence-electron chi connectivity index (χ0n) is 23.7. The third-order valence-electron chi connectivity index (χ3n) is 9.01. The van der Waals surface area contributed by atoms with Gasteiger partial charge in [0.25, 0.3) is 0 Å². The fourth-order valence-corrected chi connectivity index (χ4v) is 9.68. The Morgan fingerprint density at radius 3 is 1.32 bits per heavy atom. The molecule has 4 nitrogen and oxygen atoms in total. The molecule has 0 bridgehead atoms. The van der Waals surface area contributed by atoms with Crippen LogP contribution in [0.15, 0.2) is 159 Å². The molecule has 44 heavy (non-hydrogen) atoms. The van der Waals surface area contributed by atoms with Crippen LogP contribution in [0.4, 0.5) is 0 Å². The maximum atomic E-state index is 13.9. The van der Waals surface area contributed by atoms with E-state index < -0.39 is 25.1 Å². The summed E-state index contributed by atoms with van der Waals surface area (Å²) in [7, 11) is -7.64. The average Bonchev–Trinajstić information content (AvgIpc) is 3.51. The summed E-state index contributed by atoms with van der Waals surface area (Å²) in [6.07, 6.45) is 0. The van der Waals surface area contributed by atoms with Crippen molar-refractivity contribution in [1.82, 2.24) is 0 Å². The lowest BCUT2D eigenvalue weighted by atomic mass is 9.70. The summed E-state index contributed by atoms with van der Waals surface area (Å²) < 4.78 is 55.7. The van der Waals surface area contributed by atoms with Gasteiger partial charge >= 0.3 is 0 Å². The van der Waals surface area contributed by atoms with E-state index in [1.54, 1.807) is 84.9 Å². The van der Waals surface area contributed by atoms with Gasteiger partial charge in [0.15, 0.2) is 0 Å². The first-order valence-electron chi connectivity index (χ1n) is 14.3. The van der Waals surface area contributed by atoms with Gasteiger partial charge in [-0.25, -0.2) is 16.8 Å². The van der Waals surface area contributed by atoms with E-state index in [1.165, 1.54) is 0 Å². The van der Waals surface area contributed by atoms with Crippen LogP contribution in [0.1, 0.15) is 27.8 Å². The predicted molar refractivity (Wildman–Crippen MR) is 171 cm³/mol. The second-order valence-corrected chi connectivity index (χ2v) is 15.3. The number of aryl methyl sites for hydroxylation is 1. The van der Waals surface area contributed by atoms with Crippen molar-refractivity contribution in [2.24, 2.45) is 0 Å². The Labute approximate surface area is 257 Å². The summed E-state index contributed by atoms with van der Waals surface area (Å²) in [6.45, 7) is 2.04. The fraction of sp³-hybridized carbons (Fsp3) is 0.0526. The smallest absolute Gasteiger partial charge is 0.206 e. The molecule has 1 spiro atoms. The standard InChI is InChI=1S/C38H26O4S2/c1-25-16-19-31-30-14-8-9-15-34(30)38(35(31)22-25)36-23-28(43(39,40)26-10-4-2-5-11-26)17-20-32(36)33-21-18-29(24-37(33)38)44(41,42)27-12-6-3-7-13-27/h2-24H,1H3. The number of benzene rings is 6. The molecule has 0 atom stereocenters. The highest BCUT2D eigenvalue weighted by atomic mass is 32.2. The van der Waals surface area contributed by atoms with Gasteiger partial charge in [-0.05, 0) is 100.0 Å². The van der Waals surface area contributed by atoms with Crippen molar-refractivity contribution in [2.45, 2.75) is 31.9 Å². The number of fused-ring (bicyclic) bond motifs is 10. The van der Waals surface area contributed by atoms with E-state index in [2.05, 4.69) is 30.3 Å².